The minimum absolute atomic E-state index is 0.0596. The molecule has 0 radical (unpaired) electrons. The third-order valence-electron chi connectivity index (χ3n) is 7.52. The summed E-state index contributed by atoms with van der Waals surface area (Å²) in [6.07, 6.45) is 3.63. The predicted molar refractivity (Wildman–Crippen MR) is 141 cm³/mol. The molecule has 2 saturated heterocycles. The summed E-state index contributed by atoms with van der Waals surface area (Å²) in [6.45, 7) is 8.55. The number of nitrogens with zero attached hydrogens (tertiary/aromatic N) is 7. The Bertz CT molecular complexity index is 1570. The summed E-state index contributed by atoms with van der Waals surface area (Å²) in [4.78, 5) is 32.1. The van der Waals surface area contributed by atoms with Crippen LogP contribution in [-0.2, 0) is 6.54 Å². The zero-order valence-electron chi connectivity index (χ0n) is 21.8. The second-order valence-corrected chi connectivity index (χ2v) is 10.5. The van der Waals surface area contributed by atoms with E-state index in [9.17, 15) is 18.7 Å². The Balaban J connectivity index is 1.19. The standard InChI is InChI=1S/C27H28F2N8O2/c1-14(2)37-15(3)33-25-20(28)4-17(5-22(25)37)19-6-24(30-9-21(19)29)34-26-31-7-16(8-32-26)10-35-11-18-12-36(27(38)39)23(18)13-35/h4-9,14,18,23H,10-13H2,1-3H3,(H,38,39)(H,30,31,32,34)/t18-,23-/m0/s1. The van der Waals surface area contributed by atoms with Gasteiger partial charge in [0.25, 0.3) is 0 Å². The Labute approximate surface area is 223 Å². The quantitative estimate of drug-likeness (QED) is 0.369. The van der Waals surface area contributed by atoms with Gasteiger partial charge in [-0.3, -0.25) is 4.90 Å². The van der Waals surface area contributed by atoms with Gasteiger partial charge in [0.2, 0.25) is 5.95 Å². The molecule has 1 amide bonds. The van der Waals surface area contributed by atoms with Crippen LogP contribution in [0.3, 0.4) is 0 Å². The summed E-state index contributed by atoms with van der Waals surface area (Å²) in [5.41, 5.74) is 2.33. The topological polar surface area (TPSA) is 112 Å². The number of fused-ring (bicyclic) bond motifs is 2. The molecular formula is C27H28F2N8O2. The van der Waals surface area contributed by atoms with Crippen LogP contribution in [0.15, 0.2) is 36.8 Å². The molecule has 5 heterocycles. The van der Waals surface area contributed by atoms with Crippen molar-refractivity contribution in [2.24, 2.45) is 5.92 Å². The first kappa shape index (κ1) is 25.1. The average molecular weight is 535 g/mol. The monoisotopic (exact) mass is 534 g/mol. The van der Waals surface area contributed by atoms with Crippen molar-refractivity contribution in [3.8, 4) is 11.1 Å². The molecule has 10 nitrogen and oxygen atoms in total. The van der Waals surface area contributed by atoms with E-state index in [1.54, 1.807) is 18.5 Å². The maximum Gasteiger partial charge on any atom is 0.407 e. The van der Waals surface area contributed by atoms with Crippen LogP contribution in [0.4, 0.5) is 25.3 Å². The Morgan fingerprint density at radius 1 is 1.08 bits per heavy atom. The largest absolute Gasteiger partial charge is 0.465 e. The lowest BCUT2D eigenvalue weighted by Crippen LogP contribution is -2.57. The number of amides is 1. The van der Waals surface area contributed by atoms with Gasteiger partial charge in [-0.05, 0) is 44.5 Å². The van der Waals surface area contributed by atoms with E-state index < -0.39 is 17.7 Å². The number of nitrogens with one attached hydrogen (secondary N) is 1. The number of halogens is 2. The third-order valence-corrected chi connectivity index (χ3v) is 7.52. The number of anilines is 2. The van der Waals surface area contributed by atoms with Gasteiger partial charge in [0.05, 0.1) is 17.8 Å². The van der Waals surface area contributed by atoms with Gasteiger partial charge in [0.1, 0.15) is 23.0 Å². The molecule has 0 bridgehead atoms. The highest BCUT2D eigenvalue weighted by Crippen LogP contribution is 2.34. The number of aromatic nitrogens is 5. The molecular weight excluding hydrogens is 506 g/mol. The highest BCUT2D eigenvalue weighted by atomic mass is 19.1. The van der Waals surface area contributed by atoms with Crippen LogP contribution in [-0.4, -0.2) is 71.2 Å². The maximum atomic E-state index is 15.0. The van der Waals surface area contributed by atoms with E-state index >= 15 is 0 Å². The number of likely N-dealkylation sites (tertiary alicyclic amines) is 2. The summed E-state index contributed by atoms with van der Waals surface area (Å²) >= 11 is 0. The zero-order chi connectivity index (χ0) is 27.4. The van der Waals surface area contributed by atoms with Crippen LogP contribution >= 0.6 is 0 Å². The van der Waals surface area contributed by atoms with E-state index in [0.29, 0.717) is 48.3 Å². The van der Waals surface area contributed by atoms with Crippen molar-refractivity contribution in [1.29, 1.82) is 0 Å². The minimum atomic E-state index is -0.864. The molecule has 0 saturated carbocycles. The number of pyridine rings is 1. The van der Waals surface area contributed by atoms with Crippen LogP contribution in [0, 0.1) is 24.5 Å². The van der Waals surface area contributed by atoms with Gasteiger partial charge in [-0.15, -0.1) is 0 Å². The summed E-state index contributed by atoms with van der Waals surface area (Å²) in [5.74, 6) is 0.579. The van der Waals surface area contributed by atoms with Gasteiger partial charge in [-0.1, -0.05) is 0 Å². The summed E-state index contributed by atoms with van der Waals surface area (Å²) in [6, 6.07) is 4.65. The number of carboxylic acid groups (broad SMARTS) is 1. The van der Waals surface area contributed by atoms with Crippen LogP contribution in [0.25, 0.3) is 22.2 Å². The third kappa shape index (κ3) is 4.54. The van der Waals surface area contributed by atoms with E-state index in [0.717, 1.165) is 18.3 Å². The zero-order valence-corrected chi connectivity index (χ0v) is 21.8. The molecule has 2 aliphatic rings. The number of benzene rings is 1. The highest BCUT2D eigenvalue weighted by molar-refractivity contribution is 5.84. The SMILES string of the molecule is Cc1nc2c(F)cc(-c3cc(Nc4ncc(CN5C[C@H]6CN(C(=O)O)[C@H]6C5)cn4)ncc3F)cc2n1C(C)C. The normalized spacial score (nSPS) is 19.0. The number of rotatable bonds is 6. The Kier molecular flexibility index (Phi) is 6.13. The number of carbonyl (C=O) groups is 1. The minimum Gasteiger partial charge on any atom is -0.465 e. The fourth-order valence-corrected chi connectivity index (χ4v) is 5.75. The molecule has 202 valence electrons. The van der Waals surface area contributed by atoms with Gasteiger partial charge in [0.15, 0.2) is 5.82 Å². The van der Waals surface area contributed by atoms with Crippen molar-refractivity contribution in [2.45, 2.75) is 39.4 Å². The Morgan fingerprint density at radius 2 is 1.85 bits per heavy atom. The molecule has 2 atom stereocenters. The van der Waals surface area contributed by atoms with Crippen LogP contribution in [0.2, 0.25) is 0 Å². The van der Waals surface area contributed by atoms with Gasteiger partial charge in [-0.2, -0.15) is 0 Å². The van der Waals surface area contributed by atoms with E-state index in [2.05, 4.69) is 30.2 Å². The molecule has 2 aliphatic heterocycles. The second kappa shape index (κ2) is 9.53. The lowest BCUT2D eigenvalue weighted by molar-refractivity contribution is 0.0505. The first-order chi connectivity index (χ1) is 18.7. The van der Waals surface area contributed by atoms with Crippen molar-refractivity contribution < 1.29 is 18.7 Å². The van der Waals surface area contributed by atoms with Crippen molar-refractivity contribution >= 4 is 28.9 Å². The lowest BCUT2D eigenvalue weighted by atomic mass is 9.93. The van der Waals surface area contributed by atoms with Crippen molar-refractivity contribution in [1.82, 2.24) is 34.3 Å². The van der Waals surface area contributed by atoms with E-state index in [4.69, 9.17) is 0 Å². The number of imidazole rings is 1. The van der Waals surface area contributed by atoms with Crippen molar-refractivity contribution in [2.75, 3.05) is 25.0 Å². The molecule has 4 aromatic rings. The molecule has 2 N–H and O–H groups in total. The fourth-order valence-electron chi connectivity index (χ4n) is 5.75. The second-order valence-electron chi connectivity index (χ2n) is 10.5. The molecule has 0 unspecified atom stereocenters. The van der Waals surface area contributed by atoms with Crippen molar-refractivity contribution in [3.63, 3.8) is 0 Å². The number of aryl methyl sites for hydroxylation is 1. The molecule has 6 rings (SSSR count). The van der Waals surface area contributed by atoms with Crippen LogP contribution in [0.1, 0.15) is 31.3 Å². The number of hydrogen-bond acceptors (Lipinski definition) is 7. The van der Waals surface area contributed by atoms with Gasteiger partial charge in [-0.25, -0.2) is 33.5 Å². The Hall–Kier alpha value is -4.19. The smallest absolute Gasteiger partial charge is 0.407 e. The molecule has 12 heteroatoms. The highest BCUT2D eigenvalue weighted by Gasteiger charge is 2.47. The maximum absolute atomic E-state index is 15.0. The van der Waals surface area contributed by atoms with E-state index in [-0.39, 0.29) is 29.1 Å². The molecule has 3 aromatic heterocycles. The van der Waals surface area contributed by atoms with Crippen molar-refractivity contribution in [3.05, 3.63) is 59.8 Å². The number of hydrogen-bond donors (Lipinski definition) is 2. The van der Waals surface area contributed by atoms with Gasteiger partial charge in [0, 0.05) is 61.7 Å². The molecule has 0 spiro atoms. The molecule has 2 fully saturated rings. The summed E-state index contributed by atoms with van der Waals surface area (Å²) in [5, 5.41) is 12.2. The first-order valence-corrected chi connectivity index (χ1v) is 12.8. The van der Waals surface area contributed by atoms with Gasteiger partial charge < -0.3 is 19.9 Å². The van der Waals surface area contributed by atoms with Crippen LogP contribution in [0.5, 0.6) is 0 Å². The van der Waals surface area contributed by atoms with Crippen LogP contribution < -0.4 is 5.32 Å². The fraction of sp³-hybridized carbons (Fsp3) is 0.370. The molecule has 0 aliphatic carbocycles. The first-order valence-electron chi connectivity index (χ1n) is 12.8. The summed E-state index contributed by atoms with van der Waals surface area (Å²) < 4.78 is 31.8. The summed E-state index contributed by atoms with van der Waals surface area (Å²) in [7, 11) is 0. The van der Waals surface area contributed by atoms with Gasteiger partial charge >= 0.3 is 6.09 Å². The lowest BCUT2D eigenvalue weighted by Gasteiger charge is -2.41. The van der Waals surface area contributed by atoms with E-state index in [1.165, 1.54) is 17.0 Å². The average Bonchev–Trinajstić information content (AvgIpc) is 3.38. The van der Waals surface area contributed by atoms with E-state index in [1.807, 2.05) is 25.3 Å². The Morgan fingerprint density at radius 3 is 2.56 bits per heavy atom. The predicted octanol–water partition coefficient (Wildman–Crippen LogP) is 4.59. The molecule has 39 heavy (non-hydrogen) atoms. The molecule has 1 aromatic carbocycles.